The van der Waals surface area contributed by atoms with E-state index in [0.29, 0.717) is 37.7 Å². The van der Waals surface area contributed by atoms with Crippen molar-refractivity contribution in [3.8, 4) is 5.75 Å². The lowest BCUT2D eigenvalue weighted by molar-refractivity contribution is -0.118. The molecule has 7 nitrogen and oxygen atoms in total. The Kier molecular flexibility index (Phi) is 6.33. The van der Waals surface area contributed by atoms with Gasteiger partial charge in [0.15, 0.2) is 6.61 Å². The van der Waals surface area contributed by atoms with Gasteiger partial charge in [-0.25, -0.2) is 8.42 Å². The summed E-state index contributed by atoms with van der Waals surface area (Å²) in [5.41, 5.74) is 2.47. The van der Waals surface area contributed by atoms with E-state index in [0.717, 1.165) is 11.1 Å². The molecule has 3 rings (SSSR count). The van der Waals surface area contributed by atoms with Crippen LogP contribution in [0.4, 0.5) is 5.69 Å². The molecular weight excluding hydrogens is 380 g/mol. The van der Waals surface area contributed by atoms with Crippen LogP contribution in [-0.4, -0.2) is 51.5 Å². The van der Waals surface area contributed by atoms with Gasteiger partial charge in [-0.05, 0) is 43.7 Å². The maximum absolute atomic E-state index is 12.7. The van der Waals surface area contributed by atoms with E-state index in [4.69, 9.17) is 9.47 Å². The lowest BCUT2D eigenvalue weighted by atomic mass is 10.1. The molecule has 1 aliphatic rings. The third-order valence-electron chi connectivity index (χ3n) is 4.41. The molecular formula is C20H24N2O5S. The second-order valence-electron chi connectivity index (χ2n) is 6.65. The second kappa shape index (κ2) is 8.72. The fourth-order valence-corrected chi connectivity index (χ4v) is 4.43. The average molecular weight is 404 g/mol. The normalized spacial score (nSPS) is 15.2. The summed E-state index contributed by atoms with van der Waals surface area (Å²) in [5, 5.41) is 2.69. The van der Waals surface area contributed by atoms with Gasteiger partial charge in [-0.1, -0.05) is 23.8 Å². The van der Waals surface area contributed by atoms with Crippen LogP contribution < -0.4 is 10.1 Å². The topological polar surface area (TPSA) is 84.9 Å². The Bertz CT molecular complexity index is 953. The molecule has 0 unspecified atom stereocenters. The first-order valence-electron chi connectivity index (χ1n) is 9.04. The van der Waals surface area contributed by atoms with Gasteiger partial charge >= 0.3 is 0 Å². The van der Waals surface area contributed by atoms with E-state index < -0.39 is 10.0 Å². The molecule has 0 radical (unpaired) electrons. The summed E-state index contributed by atoms with van der Waals surface area (Å²) in [6.07, 6.45) is 0. The molecule has 0 aromatic heterocycles. The van der Waals surface area contributed by atoms with E-state index in [1.807, 2.05) is 32.0 Å². The summed E-state index contributed by atoms with van der Waals surface area (Å²) in [6, 6.07) is 12.0. The molecule has 0 saturated carbocycles. The van der Waals surface area contributed by atoms with E-state index in [-0.39, 0.29) is 17.4 Å². The Balaban J connectivity index is 1.64. The third kappa shape index (κ3) is 4.89. The number of ether oxygens (including phenoxy) is 2. The van der Waals surface area contributed by atoms with Gasteiger partial charge in [0, 0.05) is 18.8 Å². The van der Waals surface area contributed by atoms with Crippen molar-refractivity contribution in [3.05, 3.63) is 53.6 Å². The summed E-state index contributed by atoms with van der Waals surface area (Å²) in [7, 11) is -3.61. The third-order valence-corrected chi connectivity index (χ3v) is 6.31. The van der Waals surface area contributed by atoms with E-state index >= 15 is 0 Å². The highest BCUT2D eigenvalue weighted by Gasteiger charge is 2.26. The minimum atomic E-state index is -3.61. The van der Waals surface area contributed by atoms with E-state index in [1.165, 1.54) is 16.4 Å². The van der Waals surface area contributed by atoms with Crippen molar-refractivity contribution in [1.29, 1.82) is 0 Å². The van der Waals surface area contributed by atoms with Crippen LogP contribution in [0.2, 0.25) is 0 Å². The summed E-state index contributed by atoms with van der Waals surface area (Å²) in [5.74, 6) is 0.283. The SMILES string of the molecule is Cc1ccc(OCC(=O)Nc2cccc(S(=O)(=O)N3CCOCC3)c2)c(C)c1. The highest BCUT2D eigenvalue weighted by molar-refractivity contribution is 7.89. The lowest BCUT2D eigenvalue weighted by Gasteiger charge is -2.26. The monoisotopic (exact) mass is 404 g/mol. The number of hydrogen-bond acceptors (Lipinski definition) is 5. The molecule has 1 aliphatic heterocycles. The quantitative estimate of drug-likeness (QED) is 0.799. The van der Waals surface area contributed by atoms with E-state index in [9.17, 15) is 13.2 Å². The fourth-order valence-electron chi connectivity index (χ4n) is 2.97. The van der Waals surface area contributed by atoms with Crippen molar-refractivity contribution < 1.29 is 22.7 Å². The number of amides is 1. The zero-order valence-electron chi connectivity index (χ0n) is 16.0. The van der Waals surface area contributed by atoms with Crippen LogP contribution in [-0.2, 0) is 19.6 Å². The van der Waals surface area contributed by atoms with Crippen LogP contribution in [0, 0.1) is 13.8 Å². The summed E-state index contributed by atoms with van der Waals surface area (Å²) >= 11 is 0. The predicted octanol–water partition coefficient (Wildman–Crippen LogP) is 2.34. The van der Waals surface area contributed by atoms with Crippen molar-refractivity contribution in [2.45, 2.75) is 18.7 Å². The molecule has 0 atom stereocenters. The molecule has 1 heterocycles. The predicted molar refractivity (Wildman–Crippen MR) is 106 cm³/mol. The van der Waals surface area contributed by atoms with Crippen molar-refractivity contribution in [3.63, 3.8) is 0 Å². The molecule has 8 heteroatoms. The standard InChI is InChI=1S/C20H24N2O5S/c1-15-6-7-19(16(2)12-15)27-14-20(23)21-17-4-3-5-18(13-17)28(24,25)22-8-10-26-11-9-22/h3-7,12-13H,8-11,14H2,1-2H3,(H,21,23). The summed E-state index contributed by atoms with van der Waals surface area (Å²) < 4.78 is 37.6. The lowest BCUT2D eigenvalue weighted by Crippen LogP contribution is -2.40. The summed E-state index contributed by atoms with van der Waals surface area (Å²) in [6.45, 7) is 5.15. The highest BCUT2D eigenvalue weighted by Crippen LogP contribution is 2.21. The number of nitrogens with zero attached hydrogens (tertiary/aromatic N) is 1. The molecule has 0 spiro atoms. The molecule has 1 fully saturated rings. The Morgan fingerprint density at radius 3 is 2.61 bits per heavy atom. The van der Waals surface area contributed by atoms with Crippen LogP contribution in [0.3, 0.4) is 0 Å². The molecule has 0 bridgehead atoms. The average Bonchev–Trinajstić information content (AvgIpc) is 2.68. The molecule has 0 aliphatic carbocycles. The van der Waals surface area contributed by atoms with Crippen LogP contribution in [0.5, 0.6) is 5.75 Å². The van der Waals surface area contributed by atoms with Gasteiger partial charge < -0.3 is 14.8 Å². The molecule has 2 aromatic carbocycles. The van der Waals surface area contributed by atoms with Gasteiger partial charge in [0.2, 0.25) is 10.0 Å². The first kappa shape index (κ1) is 20.3. The number of morpholine rings is 1. The fraction of sp³-hybridized carbons (Fsp3) is 0.350. The number of benzene rings is 2. The number of aryl methyl sites for hydroxylation is 2. The molecule has 28 heavy (non-hydrogen) atoms. The van der Waals surface area contributed by atoms with Crippen molar-refractivity contribution in [2.75, 3.05) is 38.2 Å². The van der Waals surface area contributed by atoms with Gasteiger partial charge in [0.1, 0.15) is 5.75 Å². The Labute approximate surface area is 165 Å². The Morgan fingerprint density at radius 2 is 1.89 bits per heavy atom. The highest BCUT2D eigenvalue weighted by atomic mass is 32.2. The second-order valence-corrected chi connectivity index (χ2v) is 8.59. The zero-order chi connectivity index (χ0) is 20.1. The molecule has 1 N–H and O–H groups in total. The number of carbonyl (C=O) groups is 1. The van der Waals surface area contributed by atoms with Gasteiger partial charge in [0.25, 0.3) is 5.91 Å². The van der Waals surface area contributed by atoms with Crippen molar-refractivity contribution in [2.24, 2.45) is 0 Å². The maximum atomic E-state index is 12.7. The van der Waals surface area contributed by atoms with Crippen molar-refractivity contribution in [1.82, 2.24) is 4.31 Å². The van der Waals surface area contributed by atoms with Gasteiger partial charge in [-0.3, -0.25) is 4.79 Å². The largest absolute Gasteiger partial charge is 0.483 e. The van der Waals surface area contributed by atoms with Gasteiger partial charge in [-0.15, -0.1) is 0 Å². The molecule has 1 amide bonds. The molecule has 1 saturated heterocycles. The van der Waals surface area contributed by atoms with Gasteiger partial charge in [0.05, 0.1) is 18.1 Å². The van der Waals surface area contributed by atoms with Crippen LogP contribution in [0.15, 0.2) is 47.4 Å². The smallest absolute Gasteiger partial charge is 0.262 e. The minimum absolute atomic E-state index is 0.141. The number of carbonyl (C=O) groups excluding carboxylic acids is 1. The number of sulfonamides is 1. The first-order chi connectivity index (χ1) is 13.4. The van der Waals surface area contributed by atoms with Crippen molar-refractivity contribution >= 4 is 21.6 Å². The summed E-state index contributed by atoms with van der Waals surface area (Å²) in [4.78, 5) is 12.4. The van der Waals surface area contributed by atoms with Crippen LogP contribution in [0.1, 0.15) is 11.1 Å². The molecule has 150 valence electrons. The van der Waals surface area contributed by atoms with Crippen LogP contribution >= 0.6 is 0 Å². The number of anilines is 1. The van der Waals surface area contributed by atoms with Crippen LogP contribution in [0.25, 0.3) is 0 Å². The van der Waals surface area contributed by atoms with E-state index in [2.05, 4.69) is 5.32 Å². The minimum Gasteiger partial charge on any atom is -0.483 e. The maximum Gasteiger partial charge on any atom is 0.262 e. The Morgan fingerprint density at radius 1 is 1.14 bits per heavy atom. The number of hydrogen-bond donors (Lipinski definition) is 1. The van der Waals surface area contributed by atoms with E-state index in [1.54, 1.807) is 12.1 Å². The first-order valence-corrected chi connectivity index (χ1v) is 10.5. The molecule has 2 aromatic rings. The zero-order valence-corrected chi connectivity index (χ0v) is 16.8. The van der Waals surface area contributed by atoms with Gasteiger partial charge in [-0.2, -0.15) is 4.31 Å². The number of nitrogens with one attached hydrogen (secondary N) is 1. The number of rotatable bonds is 6. The Hall–Kier alpha value is -2.42.